The second-order valence-electron chi connectivity index (χ2n) is 6.01. The normalized spacial score (nSPS) is 18.5. The Morgan fingerprint density at radius 3 is 3.00 bits per heavy atom. The molecule has 1 N–H and O–H groups in total. The molecule has 2 amide bonds. The van der Waals surface area contributed by atoms with Crippen LogP contribution >= 0.6 is 0 Å². The van der Waals surface area contributed by atoms with Gasteiger partial charge in [0.25, 0.3) is 0 Å². The highest BCUT2D eigenvalue weighted by atomic mass is 16.2. The zero-order valence-corrected chi connectivity index (χ0v) is 12.8. The molecule has 0 aromatic carbocycles. The molecule has 2 rings (SSSR count). The van der Waals surface area contributed by atoms with Crippen LogP contribution in [0.25, 0.3) is 0 Å². The topological polar surface area (TPSA) is 67.2 Å². The molecule has 1 atom stereocenters. The molecule has 1 aliphatic rings. The lowest BCUT2D eigenvalue weighted by molar-refractivity contribution is -0.129. The van der Waals surface area contributed by atoms with Crippen molar-refractivity contribution in [1.29, 1.82) is 0 Å². The molecule has 1 fully saturated rings. The molecule has 21 heavy (non-hydrogen) atoms. The van der Waals surface area contributed by atoms with Gasteiger partial charge in [0.05, 0.1) is 5.92 Å². The van der Waals surface area contributed by atoms with E-state index < -0.39 is 0 Å². The van der Waals surface area contributed by atoms with E-state index in [4.69, 9.17) is 0 Å². The van der Waals surface area contributed by atoms with Crippen molar-refractivity contribution in [3.05, 3.63) is 18.5 Å². The van der Waals surface area contributed by atoms with Crippen molar-refractivity contribution in [3.8, 4) is 0 Å². The molecule has 6 nitrogen and oxygen atoms in total. The predicted molar refractivity (Wildman–Crippen MR) is 79.4 cm³/mol. The molecule has 0 bridgehead atoms. The number of likely N-dealkylation sites (tertiary alicyclic amines) is 1. The number of aryl methyl sites for hydroxylation is 1. The second-order valence-corrected chi connectivity index (χ2v) is 6.01. The van der Waals surface area contributed by atoms with Crippen molar-refractivity contribution in [1.82, 2.24) is 20.0 Å². The quantitative estimate of drug-likeness (QED) is 0.759. The Bertz CT molecular complexity index is 470. The summed E-state index contributed by atoms with van der Waals surface area (Å²) in [4.78, 5) is 25.7. The first-order chi connectivity index (χ1) is 10.1. The van der Waals surface area contributed by atoms with Gasteiger partial charge in [-0.3, -0.25) is 14.3 Å². The lowest BCUT2D eigenvalue weighted by atomic mass is 10.1. The van der Waals surface area contributed by atoms with Gasteiger partial charge in [-0.05, 0) is 18.4 Å². The van der Waals surface area contributed by atoms with E-state index in [1.165, 1.54) is 0 Å². The van der Waals surface area contributed by atoms with Gasteiger partial charge in [0, 0.05) is 45.0 Å². The third-order valence-corrected chi connectivity index (χ3v) is 3.59. The Balaban J connectivity index is 1.68. The number of carbonyl (C=O) groups is 2. The zero-order chi connectivity index (χ0) is 15.2. The SMILES string of the molecule is CC(C)CN1C[C@@H](C(=O)NCCCn2cccn2)CC1=O. The number of nitrogens with one attached hydrogen (secondary N) is 1. The molecular formula is C15H24N4O2. The molecule has 1 aromatic heterocycles. The maximum absolute atomic E-state index is 12.1. The molecule has 0 radical (unpaired) electrons. The predicted octanol–water partition coefficient (Wildman–Crippen LogP) is 0.894. The van der Waals surface area contributed by atoms with E-state index in [0.29, 0.717) is 25.4 Å². The molecule has 1 saturated heterocycles. The Labute approximate surface area is 125 Å². The maximum Gasteiger partial charge on any atom is 0.225 e. The first-order valence-electron chi connectivity index (χ1n) is 7.59. The van der Waals surface area contributed by atoms with Crippen molar-refractivity contribution in [2.45, 2.75) is 33.2 Å². The standard InChI is InChI=1S/C15H24N4O2/c1-12(2)10-18-11-13(9-14(18)20)15(21)16-5-3-7-19-8-4-6-17-19/h4,6,8,12-13H,3,5,7,9-11H2,1-2H3,(H,16,21)/t13-/m0/s1. The van der Waals surface area contributed by atoms with Crippen LogP contribution in [0.3, 0.4) is 0 Å². The van der Waals surface area contributed by atoms with Crippen LogP contribution in [0.4, 0.5) is 0 Å². The Kier molecular flexibility index (Phi) is 5.36. The first kappa shape index (κ1) is 15.5. The van der Waals surface area contributed by atoms with E-state index in [0.717, 1.165) is 19.5 Å². The summed E-state index contributed by atoms with van der Waals surface area (Å²) in [6, 6.07) is 1.88. The minimum Gasteiger partial charge on any atom is -0.356 e. The highest BCUT2D eigenvalue weighted by Crippen LogP contribution is 2.19. The highest BCUT2D eigenvalue weighted by Gasteiger charge is 2.34. The zero-order valence-electron chi connectivity index (χ0n) is 12.8. The molecule has 116 valence electrons. The lowest BCUT2D eigenvalue weighted by Crippen LogP contribution is -2.34. The first-order valence-corrected chi connectivity index (χ1v) is 7.59. The summed E-state index contributed by atoms with van der Waals surface area (Å²) in [6.07, 6.45) is 4.83. The van der Waals surface area contributed by atoms with Crippen LogP contribution in [0.1, 0.15) is 26.7 Å². The Morgan fingerprint density at radius 1 is 1.52 bits per heavy atom. The van der Waals surface area contributed by atoms with Crippen molar-refractivity contribution in [3.63, 3.8) is 0 Å². The summed E-state index contributed by atoms with van der Waals surface area (Å²) < 4.78 is 1.84. The highest BCUT2D eigenvalue weighted by molar-refractivity contribution is 5.89. The van der Waals surface area contributed by atoms with Gasteiger partial charge in [-0.15, -0.1) is 0 Å². The fourth-order valence-electron chi connectivity index (χ4n) is 2.59. The monoisotopic (exact) mass is 292 g/mol. The summed E-state index contributed by atoms with van der Waals surface area (Å²) in [7, 11) is 0. The van der Waals surface area contributed by atoms with Gasteiger partial charge < -0.3 is 10.2 Å². The Morgan fingerprint density at radius 2 is 2.33 bits per heavy atom. The minimum atomic E-state index is -0.194. The van der Waals surface area contributed by atoms with Crippen LogP contribution in [-0.2, 0) is 16.1 Å². The van der Waals surface area contributed by atoms with Crippen molar-refractivity contribution in [2.24, 2.45) is 11.8 Å². The number of amides is 2. The van der Waals surface area contributed by atoms with Crippen LogP contribution in [-0.4, -0.2) is 46.1 Å². The number of carbonyl (C=O) groups excluding carboxylic acids is 2. The van der Waals surface area contributed by atoms with Gasteiger partial charge in [-0.25, -0.2) is 0 Å². The largest absolute Gasteiger partial charge is 0.356 e. The molecule has 0 saturated carbocycles. The van der Waals surface area contributed by atoms with Gasteiger partial charge in [0.15, 0.2) is 0 Å². The average molecular weight is 292 g/mol. The summed E-state index contributed by atoms with van der Waals surface area (Å²) in [5.74, 6) is 0.334. The molecule has 1 aromatic rings. The third kappa shape index (κ3) is 4.58. The van der Waals surface area contributed by atoms with E-state index in [9.17, 15) is 9.59 Å². The maximum atomic E-state index is 12.1. The fourth-order valence-corrected chi connectivity index (χ4v) is 2.59. The molecule has 0 unspecified atom stereocenters. The summed E-state index contributed by atoms with van der Waals surface area (Å²) in [5.41, 5.74) is 0. The van der Waals surface area contributed by atoms with Crippen molar-refractivity contribution < 1.29 is 9.59 Å². The van der Waals surface area contributed by atoms with Crippen molar-refractivity contribution >= 4 is 11.8 Å². The smallest absolute Gasteiger partial charge is 0.225 e. The molecule has 0 aliphatic carbocycles. The molecule has 1 aliphatic heterocycles. The van der Waals surface area contributed by atoms with E-state index in [-0.39, 0.29) is 17.7 Å². The molecule has 2 heterocycles. The van der Waals surface area contributed by atoms with Gasteiger partial charge in [0.1, 0.15) is 0 Å². The van der Waals surface area contributed by atoms with E-state index in [1.807, 2.05) is 16.9 Å². The second kappa shape index (κ2) is 7.24. The number of hydrogen-bond acceptors (Lipinski definition) is 3. The van der Waals surface area contributed by atoms with Crippen LogP contribution in [0.2, 0.25) is 0 Å². The molecule has 0 spiro atoms. The molecule has 6 heteroatoms. The number of rotatable bonds is 7. The van der Waals surface area contributed by atoms with E-state index in [1.54, 1.807) is 11.1 Å². The van der Waals surface area contributed by atoms with Gasteiger partial charge in [0.2, 0.25) is 11.8 Å². The minimum absolute atomic E-state index is 0.00456. The number of nitrogens with zero attached hydrogens (tertiary/aromatic N) is 3. The van der Waals surface area contributed by atoms with E-state index in [2.05, 4.69) is 24.3 Å². The molecular weight excluding hydrogens is 268 g/mol. The fraction of sp³-hybridized carbons (Fsp3) is 0.667. The van der Waals surface area contributed by atoms with Crippen LogP contribution < -0.4 is 5.32 Å². The lowest BCUT2D eigenvalue weighted by Gasteiger charge is -2.18. The Hall–Kier alpha value is -1.85. The van der Waals surface area contributed by atoms with Crippen LogP contribution in [0, 0.1) is 11.8 Å². The van der Waals surface area contributed by atoms with Crippen molar-refractivity contribution in [2.75, 3.05) is 19.6 Å². The van der Waals surface area contributed by atoms with Gasteiger partial charge >= 0.3 is 0 Å². The number of hydrogen-bond donors (Lipinski definition) is 1. The van der Waals surface area contributed by atoms with Gasteiger partial charge in [-0.2, -0.15) is 5.10 Å². The summed E-state index contributed by atoms with van der Waals surface area (Å²) in [6.45, 7) is 6.86. The average Bonchev–Trinajstić information content (AvgIpc) is 3.05. The number of aromatic nitrogens is 2. The summed E-state index contributed by atoms with van der Waals surface area (Å²) in [5, 5.41) is 7.03. The van der Waals surface area contributed by atoms with Crippen LogP contribution in [0.15, 0.2) is 18.5 Å². The van der Waals surface area contributed by atoms with Gasteiger partial charge in [-0.1, -0.05) is 13.8 Å². The van der Waals surface area contributed by atoms with E-state index >= 15 is 0 Å². The van der Waals surface area contributed by atoms with Crippen LogP contribution in [0.5, 0.6) is 0 Å². The third-order valence-electron chi connectivity index (χ3n) is 3.59. The summed E-state index contributed by atoms with van der Waals surface area (Å²) >= 11 is 0.